The number of cyclic esters (lactones) is 2. The zero-order valence-electron chi connectivity index (χ0n) is 8.18. The number of hydrogen-bond donors (Lipinski definition) is 1. The molecular formula is C10H9ClO5. The second-order valence-electron chi connectivity index (χ2n) is 2.47. The van der Waals surface area contributed by atoms with Crippen LogP contribution in [0.2, 0.25) is 0 Å². The van der Waals surface area contributed by atoms with Crippen LogP contribution in [0.25, 0.3) is 0 Å². The quantitative estimate of drug-likeness (QED) is 0.599. The van der Waals surface area contributed by atoms with Gasteiger partial charge in [-0.05, 0) is 0 Å². The van der Waals surface area contributed by atoms with Crippen molar-refractivity contribution in [3.05, 3.63) is 35.9 Å². The van der Waals surface area contributed by atoms with Crippen LogP contribution < -0.4 is 0 Å². The number of esters is 2. The van der Waals surface area contributed by atoms with Gasteiger partial charge in [0.15, 0.2) is 0 Å². The highest BCUT2D eigenvalue weighted by Gasteiger charge is 2.20. The Balaban J connectivity index is 0.000000293. The molecule has 6 heteroatoms. The molecule has 1 aliphatic heterocycles. The number of carboxylic acid groups (broad SMARTS) is 1. The van der Waals surface area contributed by atoms with Crippen molar-refractivity contribution < 1.29 is 24.2 Å². The molecule has 0 saturated carbocycles. The summed E-state index contributed by atoms with van der Waals surface area (Å²) < 4.78 is 4.12. The van der Waals surface area contributed by atoms with E-state index < -0.39 is 17.9 Å². The molecule has 0 aromatic rings. The molecule has 1 N–H and O–H groups in total. The van der Waals surface area contributed by atoms with Crippen molar-refractivity contribution in [2.24, 2.45) is 0 Å². The van der Waals surface area contributed by atoms with Crippen molar-refractivity contribution in [1.29, 1.82) is 0 Å². The zero-order chi connectivity index (χ0) is 12.6. The molecule has 0 bridgehead atoms. The number of carbonyl (C=O) groups is 3. The highest BCUT2D eigenvalue weighted by molar-refractivity contribution is 6.25. The lowest BCUT2D eigenvalue weighted by atomic mass is 10.3. The summed E-state index contributed by atoms with van der Waals surface area (Å²) in [6, 6.07) is 0. The van der Waals surface area contributed by atoms with Crippen molar-refractivity contribution in [3.63, 3.8) is 0 Å². The molecule has 1 aliphatic rings. The summed E-state index contributed by atoms with van der Waals surface area (Å²) in [4.78, 5) is 30.3. The monoisotopic (exact) mass is 244 g/mol. The first kappa shape index (κ1) is 14.1. The Morgan fingerprint density at radius 3 is 2.38 bits per heavy atom. The molecule has 0 radical (unpaired) electrons. The van der Waals surface area contributed by atoms with Gasteiger partial charge in [0.2, 0.25) is 0 Å². The minimum atomic E-state index is -0.864. The van der Waals surface area contributed by atoms with E-state index in [0.29, 0.717) is 0 Å². The summed E-state index contributed by atoms with van der Waals surface area (Å²) in [6.45, 7) is 3.31. The molecule has 0 amide bonds. The molecule has 0 unspecified atom stereocenters. The number of ether oxygens (including phenoxy) is 1. The van der Waals surface area contributed by atoms with E-state index in [1.807, 2.05) is 0 Å². The van der Waals surface area contributed by atoms with Crippen molar-refractivity contribution in [3.8, 4) is 0 Å². The van der Waals surface area contributed by atoms with Gasteiger partial charge in [0.25, 0.3) is 0 Å². The van der Waals surface area contributed by atoms with Crippen LogP contribution in [0.1, 0.15) is 6.42 Å². The third-order valence-corrected chi connectivity index (χ3v) is 1.48. The van der Waals surface area contributed by atoms with Gasteiger partial charge in [-0.1, -0.05) is 30.3 Å². The van der Waals surface area contributed by atoms with Gasteiger partial charge in [0.1, 0.15) is 0 Å². The van der Waals surface area contributed by atoms with Gasteiger partial charge in [0, 0.05) is 11.6 Å². The van der Waals surface area contributed by atoms with E-state index in [4.69, 9.17) is 16.7 Å². The van der Waals surface area contributed by atoms with Gasteiger partial charge >= 0.3 is 17.9 Å². The predicted octanol–water partition coefficient (Wildman–Crippen LogP) is 1.40. The smallest absolute Gasteiger partial charge is 0.346 e. The van der Waals surface area contributed by atoms with Crippen LogP contribution in [0, 0.1) is 0 Å². The van der Waals surface area contributed by atoms with E-state index in [-0.39, 0.29) is 12.0 Å². The molecule has 16 heavy (non-hydrogen) atoms. The van der Waals surface area contributed by atoms with Crippen LogP contribution in [0.5, 0.6) is 0 Å². The maximum Gasteiger partial charge on any atom is 0.346 e. The first-order chi connectivity index (χ1) is 7.51. The number of rotatable bonds is 3. The Kier molecular flexibility index (Phi) is 6.55. The Labute approximate surface area is 96.7 Å². The standard InChI is InChI=1S/C6H4O3.C4H5ClO2/c1-2-4-3-5(7)9-6(4)8;5-3-1-2-4(6)7/h2-3H,1H2;1,3H,2H2,(H,6,7). The molecule has 0 aromatic heterocycles. The fraction of sp³-hybridized carbons (Fsp3) is 0.100. The maximum atomic E-state index is 10.4. The minimum absolute atomic E-state index is 0.00347. The highest BCUT2D eigenvalue weighted by atomic mass is 35.5. The summed E-state index contributed by atoms with van der Waals surface area (Å²) >= 11 is 5.00. The molecular weight excluding hydrogens is 236 g/mol. The molecule has 1 heterocycles. The number of carboxylic acids is 1. The molecule has 0 spiro atoms. The Bertz CT molecular complexity index is 367. The lowest BCUT2D eigenvalue weighted by Gasteiger charge is -1.85. The van der Waals surface area contributed by atoms with Gasteiger partial charge < -0.3 is 9.84 Å². The van der Waals surface area contributed by atoms with Crippen LogP contribution in [-0.4, -0.2) is 23.0 Å². The molecule has 0 aromatic carbocycles. The van der Waals surface area contributed by atoms with Crippen LogP contribution in [0.15, 0.2) is 35.9 Å². The van der Waals surface area contributed by atoms with Crippen LogP contribution >= 0.6 is 11.6 Å². The first-order valence-electron chi connectivity index (χ1n) is 4.08. The number of hydrogen-bond acceptors (Lipinski definition) is 4. The number of carbonyl (C=O) groups excluding carboxylic acids is 2. The fourth-order valence-corrected chi connectivity index (χ4v) is 0.742. The Morgan fingerprint density at radius 2 is 2.19 bits per heavy atom. The number of halogens is 1. The first-order valence-corrected chi connectivity index (χ1v) is 4.52. The summed E-state index contributed by atoms with van der Waals surface area (Å²) in [5.41, 5.74) is 1.41. The largest absolute Gasteiger partial charge is 0.481 e. The minimum Gasteiger partial charge on any atom is -0.481 e. The lowest BCUT2D eigenvalue weighted by molar-refractivity contribution is -0.150. The van der Waals surface area contributed by atoms with Crippen molar-refractivity contribution in [1.82, 2.24) is 0 Å². The second kappa shape index (κ2) is 7.42. The summed E-state index contributed by atoms with van der Waals surface area (Å²) in [5, 5.41) is 7.93. The van der Waals surface area contributed by atoms with Crippen molar-refractivity contribution >= 4 is 29.5 Å². The summed E-state index contributed by atoms with van der Waals surface area (Å²) in [7, 11) is 0. The third kappa shape index (κ3) is 5.77. The summed E-state index contributed by atoms with van der Waals surface area (Å²) in [5.74, 6) is -2.10. The average molecular weight is 245 g/mol. The van der Waals surface area contributed by atoms with E-state index >= 15 is 0 Å². The third-order valence-electron chi connectivity index (χ3n) is 1.30. The zero-order valence-corrected chi connectivity index (χ0v) is 8.94. The maximum absolute atomic E-state index is 10.4. The second-order valence-corrected chi connectivity index (χ2v) is 2.72. The van der Waals surface area contributed by atoms with Crippen LogP contribution in [0.4, 0.5) is 0 Å². The van der Waals surface area contributed by atoms with E-state index in [2.05, 4.69) is 11.3 Å². The van der Waals surface area contributed by atoms with Gasteiger partial charge in [-0.3, -0.25) is 4.79 Å². The van der Waals surface area contributed by atoms with E-state index in [1.165, 1.54) is 17.7 Å². The normalized spacial score (nSPS) is 13.9. The topological polar surface area (TPSA) is 80.7 Å². The highest BCUT2D eigenvalue weighted by Crippen LogP contribution is 2.07. The van der Waals surface area contributed by atoms with E-state index in [9.17, 15) is 14.4 Å². The molecule has 0 atom stereocenters. The predicted molar refractivity (Wildman–Crippen MR) is 56.6 cm³/mol. The van der Waals surface area contributed by atoms with E-state index in [0.717, 1.165) is 6.08 Å². The molecule has 0 aliphatic carbocycles. The van der Waals surface area contributed by atoms with Crippen molar-refractivity contribution in [2.75, 3.05) is 0 Å². The summed E-state index contributed by atoms with van der Waals surface area (Å²) in [6.07, 6.45) is 3.76. The van der Waals surface area contributed by atoms with Crippen LogP contribution in [-0.2, 0) is 19.1 Å². The fourth-order valence-electron chi connectivity index (χ4n) is 0.653. The SMILES string of the molecule is C=CC1=CC(=O)OC1=O.O=C(O)CC=CCl. The molecule has 5 nitrogen and oxygen atoms in total. The molecule has 1 rings (SSSR count). The van der Waals surface area contributed by atoms with Crippen LogP contribution in [0.3, 0.4) is 0 Å². The van der Waals surface area contributed by atoms with Gasteiger partial charge in [-0.25, -0.2) is 9.59 Å². The average Bonchev–Trinajstić information content (AvgIpc) is 2.55. The molecule has 86 valence electrons. The molecule has 0 saturated heterocycles. The van der Waals surface area contributed by atoms with E-state index in [1.54, 1.807) is 0 Å². The van der Waals surface area contributed by atoms with Gasteiger partial charge in [0.05, 0.1) is 12.0 Å². The Hall–Kier alpha value is -1.88. The van der Waals surface area contributed by atoms with Gasteiger partial charge in [-0.2, -0.15) is 0 Å². The molecule has 0 fully saturated rings. The van der Waals surface area contributed by atoms with Gasteiger partial charge in [-0.15, -0.1) is 0 Å². The lowest BCUT2D eigenvalue weighted by Crippen LogP contribution is -1.99. The van der Waals surface area contributed by atoms with Crippen molar-refractivity contribution in [2.45, 2.75) is 6.42 Å². The number of aliphatic carboxylic acids is 1. The Morgan fingerprint density at radius 1 is 1.56 bits per heavy atom.